The zero-order chi connectivity index (χ0) is 10.5. The first-order valence-electron chi connectivity index (χ1n) is 4.68. The molecule has 0 fully saturated rings. The maximum atomic E-state index is 4.27. The third-order valence-corrected chi connectivity index (χ3v) is 1.90. The first kappa shape index (κ1) is 9.72. The van der Waals surface area contributed by atoms with E-state index < -0.39 is 0 Å². The summed E-state index contributed by atoms with van der Waals surface area (Å²) in [4.78, 5) is 12.3. The van der Waals surface area contributed by atoms with Gasteiger partial charge >= 0.3 is 0 Å². The summed E-state index contributed by atoms with van der Waals surface area (Å²) in [6, 6.07) is 1.89. The van der Waals surface area contributed by atoms with Crippen LogP contribution in [0.4, 0.5) is 0 Å². The van der Waals surface area contributed by atoms with E-state index in [4.69, 9.17) is 0 Å². The van der Waals surface area contributed by atoms with Crippen LogP contribution in [0.5, 0.6) is 0 Å². The lowest BCUT2D eigenvalue weighted by molar-refractivity contribution is 0.650. The lowest BCUT2D eigenvalue weighted by Crippen LogP contribution is -2.15. The summed E-state index contributed by atoms with van der Waals surface area (Å²) in [5.41, 5.74) is 0.974. The minimum atomic E-state index is 0.656. The molecule has 0 spiro atoms. The van der Waals surface area contributed by atoms with Gasteiger partial charge in [-0.2, -0.15) is 5.10 Å². The van der Waals surface area contributed by atoms with Gasteiger partial charge in [0.1, 0.15) is 18.0 Å². The Kier molecular flexibility index (Phi) is 2.99. The van der Waals surface area contributed by atoms with Gasteiger partial charge in [-0.15, -0.1) is 0 Å². The number of rotatable bonds is 4. The summed E-state index contributed by atoms with van der Waals surface area (Å²) >= 11 is 0. The molecule has 0 aromatic carbocycles. The standard InChI is InChI=1S/C9H12N6/c1-7-11-3-2-8(14-7)4-10-5-9-12-6-13-15-9/h2-3,6,10H,4-5H2,1H3,(H,12,13,15). The van der Waals surface area contributed by atoms with Crippen molar-refractivity contribution in [2.24, 2.45) is 0 Å². The van der Waals surface area contributed by atoms with E-state index in [1.54, 1.807) is 6.20 Å². The Hall–Kier alpha value is -1.82. The van der Waals surface area contributed by atoms with Gasteiger partial charge in [-0.3, -0.25) is 5.10 Å². The van der Waals surface area contributed by atoms with E-state index in [1.165, 1.54) is 6.33 Å². The van der Waals surface area contributed by atoms with Crippen molar-refractivity contribution < 1.29 is 0 Å². The van der Waals surface area contributed by atoms with E-state index in [1.807, 2.05) is 13.0 Å². The second-order valence-electron chi connectivity index (χ2n) is 3.13. The first-order chi connectivity index (χ1) is 7.34. The van der Waals surface area contributed by atoms with Crippen LogP contribution in [-0.2, 0) is 13.1 Å². The highest BCUT2D eigenvalue weighted by Crippen LogP contribution is 1.94. The van der Waals surface area contributed by atoms with E-state index in [0.717, 1.165) is 17.3 Å². The number of aryl methyl sites for hydroxylation is 1. The van der Waals surface area contributed by atoms with Gasteiger partial charge in [0.15, 0.2) is 0 Å². The van der Waals surface area contributed by atoms with Gasteiger partial charge in [0.25, 0.3) is 0 Å². The number of hydrogen-bond donors (Lipinski definition) is 2. The molecule has 0 aliphatic rings. The smallest absolute Gasteiger partial charge is 0.138 e. The summed E-state index contributed by atoms with van der Waals surface area (Å²) in [7, 11) is 0. The van der Waals surface area contributed by atoms with Crippen LogP contribution in [0.2, 0.25) is 0 Å². The van der Waals surface area contributed by atoms with Crippen LogP contribution in [0.15, 0.2) is 18.6 Å². The largest absolute Gasteiger partial charge is 0.304 e. The predicted molar refractivity (Wildman–Crippen MR) is 53.7 cm³/mol. The molecule has 0 amide bonds. The zero-order valence-corrected chi connectivity index (χ0v) is 8.44. The van der Waals surface area contributed by atoms with Crippen LogP contribution in [0.3, 0.4) is 0 Å². The van der Waals surface area contributed by atoms with Gasteiger partial charge in [0.05, 0.1) is 12.2 Å². The average Bonchev–Trinajstić information content (AvgIpc) is 2.71. The van der Waals surface area contributed by atoms with Gasteiger partial charge in [0.2, 0.25) is 0 Å². The third kappa shape index (κ3) is 2.81. The monoisotopic (exact) mass is 204 g/mol. The van der Waals surface area contributed by atoms with Crippen LogP contribution in [-0.4, -0.2) is 25.1 Å². The second kappa shape index (κ2) is 4.61. The number of H-pyrrole nitrogens is 1. The van der Waals surface area contributed by atoms with Crippen LogP contribution < -0.4 is 5.32 Å². The van der Waals surface area contributed by atoms with Crippen molar-refractivity contribution in [3.63, 3.8) is 0 Å². The molecule has 78 valence electrons. The summed E-state index contributed by atoms with van der Waals surface area (Å²) in [5.74, 6) is 1.61. The van der Waals surface area contributed by atoms with Crippen LogP contribution in [0.25, 0.3) is 0 Å². The molecule has 6 nitrogen and oxygen atoms in total. The van der Waals surface area contributed by atoms with Gasteiger partial charge in [-0.05, 0) is 13.0 Å². The Morgan fingerprint density at radius 1 is 1.33 bits per heavy atom. The van der Waals surface area contributed by atoms with Crippen molar-refractivity contribution >= 4 is 0 Å². The molecule has 0 saturated heterocycles. The van der Waals surface area contributed by atoms with Crippen LogP contribution >= 0.6 is 0 Å². The maximum absolute atomic E-state index is 4.27. The van der Waals surface area contributed by atoms with Crippen LogP contribution in [0.1, 0.15) is 17.3 Å². The Labute approximate surface area is 87.2 Å². The topological polar surface area (TPSA) is 79.4 Å². The van der Waals surface area contributed by atoms with Gasteiger partial charge < -0.3 is 5.32 Å². The first-order valence-corrected chi connectivity index (χ1v) is 4.68. The Bertz CT molecular complexity index is 410. The molecule has 0 radical (unpaired) electrons. The Morgan fingerprint density at radius 2 is 2.27 bits per heavy atom. The minimum absolute atomic E-state index is 0.656. The number of aromatic nitrogens is 5. The van der Waals surface area contributed by atoms with Gasteiger partial charge in [0, 0.05) is 12.7 Å². The van der Waals surface area contributed by atoms with Crippen molar-refractivity contribution in [3.05, 3.63) is 35.9 Å². The lowest BCUT2D eigenvalue weighted by atomic mass is 10.4. The predicted octanol–water partition coefficient (Wildman–Crippen LogP) is 0.193. The van der Waals surface area contributed by atoms with E-state index in [2.05, 4.69) is 30.5 Å². The molecule has 2 heterocycles. The maximum Gasteiger partial charge on any atom is 0.138 e. The molecule has 0 aliphatic heterocycles. The van der Waals surface area contributed by atoms with Crippen molar-refractivity contribution in [2.45, 2.75) is 20.0 Å². The van der Waals surface area contributed by atoms with Crippen LogP contribution in [0, 0.1) is 6.92 Å². The normalized spacial score (nSPS) is 10.5. The molecule has 2 aromatic rings. The fourth-order valence-corrected chi connectivity index (χ4v) is 1.23. The zero-order valence-electron chi connectivity index (χ0n) is 8.44. The molecule has 2 N–H and O–H groups in total. The molecule has 6 heteroatoms. The minimum Gasteiger partial charge on any atom is -0.304 e. The number of hydrogen-bond acceptors (Lipinski definition) is 5. The summed E-state index contributed by atoms with van der Waals surface area (Å²) in [6.07, 6.45) is 3.25. The van der Waals surface area contributed by atoms with E-state index in [9.17, 15) is 0 Å². The van der Waals surface area contributed by atoms with E-state index in [0.29, 0.717) is 13.1 Å². The molecule has 0 saturated carbocycles. The van der Waals surface area contributed by atoms with E-state index >= 15 is 0 Å². The summed E-state index contributed by atoms with van der Waals surface area (Å²) in [5, 5.41) is 9.75. The molecule has 2 rings (SSSR count). The number of nitrogens with one attached hydrogen (secondary N) is 2. The highest BCUT2D eigenvalue weighted by molar-refractivity contribution is 5.01. The number of nitrogens with zero attached hydrogens (tertiary/aromatic N) is 4. The molecule has 2 aromatic heterocycles. The second-order valence-corrected chi connectivity index (χ2v) is 3.13. The number of aromatic amines is 1. The molecular weight excluding hydrogens is 192 g/mol. The highest BCUT2D eigenvalue weighted by Gasteiger charge is 1.97. The molecule has 15 heavy (non-hydrogen) atoms. The third-order valence-electron chi connectivity index (χ3n) is 1.90. The highest BCUT2D eigenvalue weighted by atomic mass is 15.2. The fraction of sp³-hybridized carbons (Fsp3) is 0.333. The Morgan fingerprint density at radius 3 is 3.00 bits per heavy atom. The lowest BCUT2D eigenvalue weighted by Gasteiger charge is -2.02. The van der Waals surface area contributed by atoms with Crippen molar-refractivity contribution in [1.82, 2.24) is 30.5 Å². The molecular formula is C9H12N6. The van der Waals surface area contributed by atoms with Gasteiger partial charge in [-0.25, -0.2) is 15.0 Å². The van der Waals surface area contributed by atoms with Crippen molar-refractivity contribution in [1.29, 1.82) is 0 Å². The summed E-state index contributed by atoms with van der Waals surface area (Å²) < 4.78 is 0. The average molecular weight is 204 g/mol. The SMILES string of the molecule is Cc1nccc(CNCc2ncn[nH]2)n1. The fourth-order valence-electron chi connectivity index (χ4n) is 1.23. The molecule has 0 atom stereocenters. The quantitative estimate of drug-likeness (QED) is 0.743. The molecule has 0 bridgehead atoms. The van der Waals surface area contributed by atoms with Crippen molar-refractivity contribution in [2.75, 3.05) is 0 Å². The molecule has 0 unspecified atom stereocenters. The van der Waals surface area contributed by atoms with Gasteiger partial charge in [-0.1, -0.05) is 0 Å². The van der Waals surface area contributed by atoms with Crippen molar-refractivity contribution in [3.8, 4) is 0 Å². The molecule has 0 aliphatic carbocycles. The Balaban J connectivity index is 1.83. The summed E-state index contributed by atoms with van der Waals surface area (Å²) in [6.45, 7) is 3.23. The van der Waals surface area contributed by atoms with E-state index in [-0.39, 0.29) is 0 Å².